The Labute approximate surface area is 179 Å². The lowest BCUT2D eigenvalue weighted by Gasteiger charge is -2.22. The third-order valence-electron chi connectivity index (χ3n) is 4.60. The topological polar surface area (TPSA) is 70.6 Å². The van der Waals surface area contributed by atoms with E-state index in [1.54, 1.807) is 0 Å². The van der Waals surface area contributed by atoms with Crippen molar-refractivity contribution in [2.45, 2.75) is 18.7 Å². The molecule has 3 rings (SSSR count). The molecule has 9 heteroatoms. The molecule has 0 unspecified atom stereocenters. The third kappa shape index (κ3) is 5.03. The van der Waals surface area contributed by atoms with Gasteiger partial charge in [0.15, 0.2) is 15.0 Å². The third-order valence-corrected chi connectivity index (χ3v) is 7.44. The Morgan fingerprint density at radius 1 is 1.10 bits per heavy atom. The van der Waals surface area contributed by atoms with Crippen molar-refractivity contribution < 1.29 is 17.6 Å². The van der Waals surface area contributed by atoms with Crippen LogP contribution >= 0.6 is 11.3 Å². The number of carbonyl (C=O) groups is 1. The van der Waals surface area contributed by atoms with Gasteiger partial charge < -0.3 is 4.90 Å². The summed E-state index contributed by atoms with van der Waals surface area (Å²) in [6, 6.07) is 8.49. The van der Waals surface area contributed by atoms with Gasteiger partial charge in [-0.25, -0.2) is 17.8 Å². The van der Waals surface area contributed by atoms with Crippen LogP contribution in [0.5, 0.6) is 0 Å². The van der Waals surface area contributed by atoms with Crippen LogP contribution in [0.15, 0.2) is 41.3 Å². The summed E-state index contributed by atoms with van der Waals surface area (Å²) in [6.07, 6.45) is 0. The number of fused-ring (bicyclic) bond motifs is 1. The summed E-state index contributed by atoms with van der Waals surface area (Å²) in [4.78, 5) is 20.9. The van der Waals surface area contributed by atoms with E-state index in [9.17, 15) is 17.6 Å². The molecule has 1 heterocycles. The van der Waals surface area contributed by atoms with E-state index in [2.05, 4.69) is 11.1 Å². The maximum atomic E-state index is 13.1. The first-order valence-electron chi connectivity index (χ1n) is 9.38. The van der Waals surface area contributed by atoms with Crippen LogP contribution in [0.4, 0.5) is 9.52 Å². The molecule has 0 radical (unpaired) electrons. The number of hydrogen-bond acceptors (Lipinski definition) is 6. The van der Waals surface area contributed by atoms with Crippen LogP contribution in [0, 0.1) is 19.7 Å². The molecule has 0 atom stereocenters. The highest BCUT2D eigenvalue weighted by Gasteiger charge is 2.27. The van der Waals surface area contributed by atoms with Gasteiger partial charge in [0.2, 0.25) is 5.91 Å². The molecule has 3 aromatic rings. The SMILES string of the molecule is Cc1cc(C)c2sc(N(CCN(C)C)C(=O)CS(=O)(=O)c3ccc(F)cc3)nc2c1. The Bertz CT molecular complexity index is 1170. The van der Waals surface area contributed by atoms with Gasteiger partial charge in [0.25, 0.3) is 0 Å². The van der Waals surface area contributed by atoms with Gasteiger partial charge in [0, 0.05) is 13.1 Å². The Kier molecular flexibility index (Phi) is 6.54. The fourth-order valence-electron chi connectivity index (χ4n) is 3.07. The zero-order valence-corrected chi connectivity index (χ0v) is 19.0. The van der Waals surface area contributed by atoms with Crippen LogP contribution in [0.25, 0.3) is 10.2 Å². The Morgan fingerprint density at radius 2 is 1.77 bits per heavy atom. The van der Waals surface area contributed by atoms with Crippen molar-refractivity contribution in [3.8, 4) is 0 Å². The predicted octanol–water partition coefficient (Wildman–Crippen LogP) is 3.42. The summed E-state index contributed by atoms with van der Waals surface area (Å²) in [6.45, 7) is 4.83. The lowest BCUT2D eigenvalue weighted by molar-refractivity contribution is -0.116. The fourth-order valence-corrected chi connectivity index (χ4v) is 5.33. The fraction of sp³-hybridized carbons (Fsp3) is 0.333. The Morgan fingerprint density at radius 3 is 2.40 bits per heavy atom. The number of aryl methyl sites for hydroxylation is 2. The largest absolute Gasteiger partial charge is 0.308 e. The maximum absolute atomic E-state index is 13.1. The molecule has 0 saturated heterocycles. The number of carbonyl (C=O) groups excluding carboxylic acids is 1. The van der Waals surface area contributed by atoms with Gasteiger partial charge >= 0.3 is 0 Å². The molecule has 0 aliphatic heterocycles. The summed E-state index contributed by atoms with van der Waals surface area (Å²) in [5.41, 5.74) is 2.92. The van der Waals surface area contributed by atoms with Crippen LogP contribution in [0.1, 0.15) is 11.1 Å². The molecule has 2 aromatic carbocycles. The molecule has 0 fully saturated rings. The van der Waals surface area contributed by atoms with E-state index in [-0.39, 0.29) is 4.90 Å². The van der Waals surface area contributed by atoms with E-state index in [0.29, 0.717) is 18.2 Å². The Hall–Kier alpha value is -2.36. The molecule has 0 N–H and O–H groups in total. The van der Waals surface area contributed by atoms with Gasteiger partial charge in [0.05, 0.1) is 15.1 Å². The number of aromatic nitrogens is 1. The van der Waals surface area contributed by atoms with E-state index in [0.717, 1.165) is 33.5 Å². The predicted molar refractivity (Wildman–Crippen MR) is 118 cm³/mol. The van der Waals surface area contributed by atoms with Gasteiger partial charge in [-0.1, -0.05) is 17.4 Å². The normalized spacial score (nSPS) is 11.9. The number of anilines is 1. The van der Waals surface area contributed by atoms with E-state index < -0.39 is 27.3 Å². The van der Waals surface area contributed by atoms with Crippen molar-refractivity contribution in [3.05, 3.63) is 53.3 Å². The number of thiazole rings is 1. The maximum Gasteiger partial charge on any atom is 0.244 e. The molecule has 1 aromatic heterocycles. The van der Waals surface area contributed by atoms with Gasteiger partial charge in [-0.3, -0.25) is 9.69 Å². The van der Waals surface area contributed by atoms with Crippen molar-refractivity contribution in [2.75, 3.05) is 37.8 Å². The number of likely N-dealkylation sites (N-methyl/N-ethyl adjacent to an activating group) is 1. The minimum absolute atomic E-state index is 0.0828. The van der Waals surface area contributed by atoms with Gasteiger partial charge in [-0.05, 0) is 69.4 Å². The number of benzene rings is 2. The van der Waals surface area contributed by atoms with Crippen molar-refractivity contribution in [3.63, 3.8) is 0 Å². The molecule has 30 heavy (non-hydrogen) atoms. The van der Waals surface area contributed by atoms with Crippen molar-refractivity contribution >= 4 is 42.4 Å². The smallest absolute Gasteiger partial charge is 0.244 e. The first-order chi connectivity index (χ1) is 14.1. The van der Waals surface area contributed by atoms with Crippen LogP contribution in [0.3, 0.4) is 0 Å². The second-order valence-corrected chi connectivity index (χ2v) is 10.5. The summed E-state index contributed by atoms with van der Waals surface area (Å²) in [7, 11) is -0.150. The molecule has 160 valence electrons. The number of nitrogens with zero attached hydrogens (tertiary/aromatic N) is 3. The number of amides is 1. The second-order valence-electron chi connectivity index (χ2n) is 7.49. The minimum Gasteiger partial charge on any atom is -0.308 e. The molecular weight excluding hydrogens is 425 g/mol. The average Bonchev–Trinajstić information content (AvgIpc) is 3.05. The summed E-state index contributed by atoms with van der Waals surface area (Å²) < 4.78 is 39.5. The number of hydrogen-bond donors (Lipinski definition) is 0. The van der Waals surface area contributed by atoms with Gasteiger partial charge in [-0.2, -0.15) is 0 Å². The molecule has 0 bridgehead atoms. The summed E-state index contributed by atoms with van der Waals surface area (Å²) in [5, 5.41) is 0.472. The lowest BCUT2D eigenvalue weighted by Crippen LogP contribution is -2.40. The van der Waals surface area contributed by atoms with Crippen molar-refractivity contribution in [1.82, 2.24) is 9.88 Å². The quantitative estimate of drug-likeness (QED) is 0.517. The standard InChI is InChI=1S/C21H24FN3O3S2/c1-14-11-15(2)20-18(12-14)23-21(29-20)25(10-9-24(3)4)19(26)13-30(27,28)17-7-5-16(22)6-8-17/h5-8,11-12H,9-10,13H2,1-4H3. The van der Waals surface area contributed by atoms with E-state index >= 15 is 0 Å². The molecule has 6 nitrogen and oxygen atoms in total. The van der Waals surface area contributed by atoms with E-state index in [1.165, 1.54) is 28.4 Å². The highest BCUT2D eigenvalue weighted by atomic mass is 32.2. The van der Waals surface area contributed by atoms with Gasteiger partial charge in [0.1, 0.15) is 11.6 Å². The van der Waals surface area contributed by atoms with Crippen molar-refractivity contribution in [2.24, 2.45) is 0 Å². The number of rotatable bonds is 7. The molecular formula is C21H24FN3O3S2. The number of halogens is 1. The lowest BCUT2D eigenvalue weighted by atomic mass is 10.1. The number of sulfone groups is 1. The molecule has 0 aliphatic carbocycles. The zero-order chi connectivity index (χ0) is 22.1. The van der Waals surface area contributed by atoms with E-state index in [4.69, 9.17) is 0 Å². The summed E-state index contributed by atoms with van der Waals surface area (Å²) in [5.74, 6) is -1.80. The van der Waals surface area contributed by atoms with Crippen LogP contribution < -0.4 is 4.90 Å². The monoisotopic (exact) mass is 449 g/mol. The highest BCUT2D eigenvalue weighted by Crippen LogP contribution is 2.32. The van der Waals surface area contributed by atoms with E-state index in [1.807, 2.05) is 38.9 Å². The van der Waals surface area contributed by atoms with Crippen molar-refractivity contribution in [1.29, 1.82) is 0 Å². The first kappa shape index (κ1) is 22.3. The van der Waals surface area contributed by atoms with Crippen LogP contribution in [-0.2, 0) is 14.6 Å². The molecule has 0 spiro atoms. The highest BCUT2D eigenvalue weighted by molar-refractivity contribution is 7.92. The molecule has 0 saturated carbocycles. The first-order valence-corrected chi connectivity index (χ1v) is 11.8. The molecule has 0 aliphatic rings. The summed E-state index contributed by atoms with van der Waals surface area (Å²) >= 11 is 1.38. The molecule has 1 amide bonds. The van der Waals surface area contributed by atoms with Gasteiger partial charge in [-0.15, -0.1) is 0 Å². The zero-order valence-electron chi connectivity index (χ0n) is 17.3. The van der Waals surface area contributed by atoms with Crippen LogP contribution in [-0.4, -0.2) is 57.1 Å². The Balaban J connectivity index is 1.94. The average molecular weight is 450 g/mol. The second kappa shape index (κ2) is 8.79. The van der Waals surface area contributed by atoms with Crippen LogP contribution in [0.2, 0.25) is 0 Å². The minimum atomic E-state index is -3.91.